The van der Waals surface area contributed by atoms with Gasteiger partial charge in [0.05, 0.1) is 6.61 Å². The summed E-state index contributed by atoms with van der Waals surface area (Å²) < 4.78 is 4.88. The Balaban J connectivity index is 2.38. The van der Waals surface area contributed by atoms with Gasteiger partial charge in [-0.25, -0.2) is 0 Å². The van der Waals surface area contributed by atoms with Crippen LogP contribution in [0.15, 0.2) is 0 Å². The highest BCUT2D eigenvalue weighted by atomic mass is 16.5. The van der Waals surface area contributed by atoms with E-state index in [-0.39, 0.29) is 6.61 Å². The van der Waals surface area contributed by atoms with Crippen LogP contribution in [0.1, 0.15) is 19.8 Å². The lowest BCUT2D eigenvalue weighted by molar-refractivity contribution is -0.146. The molecular formula is C9H17NO3. The Morgan fingerprint density at radius 3 is 2.69 bits per heavy atom. The maximum atomic E-state index is 10.9. The van der Waals surface area contributed by atoms with E-state index in [4.69, 9.17) is 9.84 Å². The van der Waals surface area contributed by atoms with Gasteiger partial charge in [0.2, 0.25) is 0 Å². The van der Waals surface area contributed by atoms with Crippen molar-refractivity contribution in [3.63, 3.8) is 0 Å². The van der Waals surface area contributed by atoms with Crippen LogP contribution in [0.25, 0.3) is 0 Å². The molecule has 4 nitrogen and oxygen atoms in total. The molecule has 0 spiro atoms. The van der Waals surface area contributed by atoms with Gasteiger partial charge in [-0.1, -0.05) is 0 Å². The Hall–Kier alpha value is -0.610. The molecule has 1 unspecified atom stereocenters. The first-order valence-corrected chi connectivity index (χ1v) is 4.56. The van der Waals surface area contributed by atoms with Gasteiger partial charge in [0.15, 0.2) is 0 Å². The summed E-state index contributed by atoms with van der Waals surface area (Å²) in [5.41, 5.74) is -0.933. The van der Waals surface area contributed by atoms with Gasteiger partial charge in [-0.15, -0.1) is 0 Å². The second kappa shape index (κ2) is 4.07. The van der Waals surface area contributed by atoms with E-state index in [1.54, 1.807) is 6.92 Å². The summed E-state index contributed by atoms with van der Waals surface area (Å²) in [5, 5.41) is 12.0. The van der Waals surface area contributed by atoms with Crippen molar-refractivity contribution in [2.24, 2.45) is 5.92 Å². The van der Waals surface area contributed by atoms with Crippen LogP contribution >= 0.6 is 0 Å². The molecule has 0 aromatic rings. The van der Waals surface area contributed by atoms with Crippen LogP contribution in [0.3, 0.4) is 0 Å². The van der Waals surface area contributed by atoms with E-state index in [1.807, 2.05) is 0 Å². The third kappa shape index (κ3) is 2.97. The molecule has 1 rings (SSSR count). The molecule has 0 aliphatic heterocycles. The molecule has 76 valence electrons. The number of methoxy groups -OCH3 is 1. The molecule has 1 saturated carbocycles. The topological polar surface area (TPSA) is 58.6 Å². The fourth-order valence-corrected chi connectivity index (χ4v) is 1.17. The summed E-state index contributed by atoms with van der Waals surface area (Å²) in [6, 6.07) is 0. The van der Waals surface area contributed by atoms with Crippen LogP contribution in [0.5, 0.6) is 0 Å². The molecule has 4 heteroatoms. The maximum Gasteiger partial charge on any atom is 0.326 e. The second-order valence-corrected chi connectivity index (χ2v) is 3.89. The molecule has 2 N–H and O–H groups in total. The second-order valence-electron chi connectivity index (χ2n) is 3.89. The van der Waals surface area contributed by atoms with Gasteiger partial charge < -0.3 is 9.84 Å². The molecule has 0 amide bonds. The van der Waals surface area contributed by atoms with Crippen LogP contribution < -0.4 is 5.32 Å². The van der Waals surface area contributed by atoms with E-state index >= 15 is 0 Å². The molecule has 0 radical (unpaired) electrons. The number of hydrogen-bond donors (Lipinski definition) is 2. The standard InChI is InChI=1S/C9H17NO3/c1-9(6-13-2,8(11)12)10-5-7-3-4-7/h7,10H,3-6H2,1-2H3,(H,11,12). The minimum Gasteiger partial charge on any atom is -0.480 e. The molecular weight excluding hydrogens is 170 g/mol. The average molecular weight is 187 g/mol. The van der Waals surface area contributed by atoms with Crippen molar-refractivity contribution in [2.75, 3.05) is 20.3 Å². The van der Waals surface area contributed by atoms with Gasteiger partial charge in [-0.05, 0) is 32.2 Å². The molecule has 13 heavy (non-hydrogen) atoms. The summed E-state index contributed by atoms with van der Waals surface area (Å²) in [4.78, 5) is 10.9. The van der Waals surface area contributed by atoms with E-state index in [0.717, 1.165) is 6.54 Å². The Morgan fingerprint density at radius 1 is 1.69 bits per heavy atom. The minimum atomic E-state index is -0.933. The highest BCUT2D eigenvalue weighted by molar-refractivity contribution is 5.78. The predicted molar refractivity (Wildman–Crippen MR) is 48.6 cm³/mol. The number of aliphatic carboxylic acids is 1. The third-order valence-corrected chi connectivity index (χ3v) is 2.38. The van der Waals surface area contributed by atoms with Gasteiger partial charge in [0.25, 0.3) is 0 Å². The SMILES string of the molecule is COCC(C)(NCC1CC1)C(=O)O. The number of carbonyl (C=O) groups is 1. The zero-order valence-corrected chi connectivity index (χ0v) is 8.17. The van der Waals surface area contributed by atoms with Crippen molar-refractivity contribution in [2.45, 2.75) is 25.3 Å². The van der Waals surface area contributed by atoms with Crippen molar-refractivity contribution in [1.29, 1.82) is 0 Å². The monoisotopic (exact) mass is 187 g/mol. The van der Waals surface area contributed by atoms with E-state index in [9.17, 15) is 4.79 Å². The lowest BCUT2D eigenvalue weighted by Crippen LogP contribution is -2.53. The lowest BCUT2D eigenvalue weighted by Gasteiger charge is -2.25. The minimum absolute atomic E-state index is 0.203. The number of nitrogens with one attached hydrogen (secondary N) is 1. The summed E-state index contributed by atoms with van der Waals surface area (Å²) in [6.07, 6.45) is 2.44. The van der Waals surface area contributed by atoms with E-state index in [0.29, 0.717) is 5.92 Å². The van der Waals surface area contributed by atoms with Crippen molar-refractivity contribution >= 4 is 5.97 Å². The van der Waals surface area contributed by atoms with Crippen molar-refractivity contribution < 1.29 is 14.6 Å². The molecule has 1 aliphatic rings. The summed E-state index contributed by atoms with van der Waals surface area (Å²) in [6.45, 7) is 2.64. The van der Waals surface area contributed by atoms with Crippen LogP contribution in [0.4, 0.5) is 0 Å². The molecule has 1 aliphatic carbocycles. The largest absolute Gasteiger partial charge is 0.480 e. The van der Waals surface area contributed by atoms with Gasteiger partial charge in [0.1, 0.15) is 5.54 Å². The van der Waals surface area contributed by atoms with Crippen molar-refractivity contribution in [1.82, 2.24) is 5.32 Å². The molecule has 1 fully saturated rings. The first kappa shape index (κ1) is 10.5. The predicted octanol–water partition coefficient (Wildman–Crippen LogP) is 0.476. The van der Waals surface area contributed by atoms with Crippen LogP contribution in [-0.2, 0) is 9.53 Å². The fraction of sp³-hybridized carbons (Fsp3) is 0.889. The molecule has 0 aromatic heterocycles. The van der Waals surface area contributed by atoms with Gasteiger partial charge in [-0.3, -0.25) is 10.1 Å². The number of rotatable bonds is 6. The van der Waals surface area contributed by atoms with Gasteiger partial charge >= 0.3 is 5.97 Å². The Kier molecular flexibility index (Phi) is 3.27. The molecule has 1 atom stereocenters. The van der Waals surface area contributed by atoms with Crippen LogP contribution in [0.2, 0.25) is 0 Å². The smallest absolute Gasteiger partial charge is 0.326 e. The van der Waals surface area contributed by atoms with Gasteiger partial charge in [-0.2, -0.15) is 0 Å². The fourth-order valence-electron chi connectivity index (χ4n) is 1.17. The Bertz CT molecular complexity index is 191. The summed E-state index contributed by atoms with van der Waals surface area (Å²) in [7, 11) is 1.51. The first-order valence-electron chi connectivity index (χ1n) is 4.56. The molecule has 0 bridgehead atoms. The normalized spacial score (nSPS) is 21.1. The average Bonchev–Trinajstić information content (AvgIpc) is 2.84. The quantitative estimate of drug-likeness (QED) is 0.635. The summed E-state index contributed by atoms with van der Waals surface area (Å²) >= 11 is 0. The van der Waals surface area contributed by atoms with Crippen LogP contribution in [0, 0.1) is 5.92 Å². The van der Waals surface area contributed by atoms with E-state index in [2.05, 4.69) is 5.32 Å². The number of hydrogen-bond acceptors (Lipinski definition) is 3. The zero-order chi connectivity index (χ0) is 9.90. The lowest BCUT2D eigenvalue weighted by atomic mass is 10.0. The van der Waals surface area contributed by atoms with E-state index < -0.39 is 11.5 Å². The number of carboxylic acid groups (broad SMARTS) is 1. The van der Waals surface area contributed by atoms with Crippen LogP contribution in [-0.4, -0.2) is 36.9 Å². The number of carboxylic acids is 1. The molecule has 0 heterocycles. The molecule has 0 saturated heterocycles. The van der Waals surface area contributed by atoms with Gasteiger partial charge in [0, 0.05) is 7.11 Å². The van der Waals surface area contributed by atoms with Crippen molar-refractivity contribution in [3.8, 4) is 0 Å². The maximum absolute atomic E-state index is 10.9. The Morgan fingerprint density at radius 2 is 2.31 bits per heavy atom. The highest BCUT2D eigenvalue weighted by Crippen LogP contribution is 2.28. The summed E-state index contributed by atoms with van der Waals surface area (Å²) in [5.74, 6) is -0.175. The molecule has 0 aromatic carbocycles. The first-order chi connectivity index (χ1) is 6.08. The number of ether oxygens (including phenoxy) is 1. The third-order valence-electron chi connectivity index (χ3n) is 2.38. The highest BCUT2D eigenvalue weighted by Gasteiger charge is 2.34. The Labute approximate surface area is 78.3 Å². The zero-order valence-electron chi connectivity index (χ0n) is 8.17. The van der Waals surface area contributed by atoms with E-state index in [1.165, 1.54) is 20.0 Å². The van der Waals surface area contributed by atoms with Crippen molar-refractivity contribution in [3.05, 3.63) is 0 Å².